The summed E-state index contributed by atoms with van der Waals surface area (Å²) in [6.45, 7) is 25.8. The number of rotatable bonds is 11. The third-order valence-corrected chi connectivity index (χ3v) is 29.3. The molecule has 0 aromatic heterocycles. The zero-order valence-electron chi connectivity index (χ0n) is 70.1. The summed E-state index contributed by atoms with van der Waals surface area (Å²) >= 11 is 0. The first-order valence-electron chi connectivity index (χ1n) is 43.0. The molecule has 1 nitrogen and oxygen atoms in total. The number of fused-ring (bicyclic) bond motifs is 18. The highest BCUT2D eigenvalue weighted by atomic mass is 15.1. The van der Waals surface area contributed by atoms with E-state index in [4.69, 9.17) is 0 Å². The van der Waals surface area contributed by atoms with Crippen molar-refractivity contribution in [1.29, 1.82) is 0 Å². The van der Waals surface area contributed by atoms with Crippen molar-refractivity contribution in [1.82, 2.24) is 0 Å². The van der Waals surface area contributed by atoms with Crippen LogP contribution in [0.5, 0.6) is 0 Å². The smallest absolute Gasteiger partial charge is 0.0714 e. The maximum atomic E-state index is 2.56. The molecule has 6 aliphatic carbocycles. The summed E-state index contributed by atoms with van der Waals surface area (Å²) in [7, 11) is 0. The maximum Gasteiger partial charge on any atom is 0.0714 e. The Morgan fingerprint density at radius 1 is 0.158 bits per heavy atom. The van der Waals surface area contributed by atoms with Gasteiger partial charge in [0.15, 0.2) is 0 Å². The average molecular weight is 1540 g/mol. The van der Waals surface area contributed by atoms with Crippen LogP contribution >= 0.6 is 0 Å². The summed E-state index contributed by atoms with van der Waals surface area (Å²) in [6, 6.07) is 142. The van der Waals surface area contributed by atoms with Crippen LogP contribution in [0.25, 0.3) is 111 Å². The van der Waals surface area contributed by atoms with Gasteiger partial charge in [0.05, 0.1) is 10.8 Å². The number of hydrogen-bond acceptors (Lipinski definition) is 1. The summed E-state index contributed by atoms with van der Waals surface area (Å²) in [5, 5.41) is 0. The molecular weight excluding hydrogens is 1440 g/mol. The lowest BCUT2D eigenvalue weighted by Crippen LogP contribution is -2.29. The third kappa shape index (κ3) is 10.1. The van der Waals surface area contributed by atoms with Gasteiger partial charge in [-0.15, -0.1) is 0 Å². The van der Waals surface area contributed by atoms with Gasteiger partial charge in [-0.2, -0.15) is 0 Å². The number of anilines is 3. The van der Waals surface area contributed by atoms with E-state index in [9.17, 15) is 0 Å². The normalized spacial score (nSPS) is 15.5. The van der Waals surface area contributed by atoms with Crippen LogP contribution in [0, 0.1) is 20.8 Å². The fraction of sp³-hybridized carbons (Fsp3) is 0.143. The molecule has 0 saturated heterocycles. The summed E-state index contributed by atoms with van der Waals surface area (Å²) in [6.07, 6.45) is 0. The lowest BCUT2D eigenvalue weighted by molar-refractivity contribution is 0.660. The van der Waals surface area contributed by atoms with Crippen molar-refractivity contribution in [2.75, 3.05) is 4.90 Å². The van der Waals surface area contributed by atoms with Crippen molar-refractivity contribution in [3.05, 3.63) is 470 Å². The van der Waals surface area contributed by atoms with Crippen LogP contribution in [0.4, 0.5) is 17.1 Å². The molecule has 0 radical (unpaired) electrons. The van der Waals surface area contributed by atoms with Crippen LogP contribution in [0.2, 0.25) is 0 Å². The molecule has 6 aliphatic rings. The van der Waals surface area contributed by atoms with E-state index in [0.29, 0.717) is 0 Å². The zero-order valence-corrected chi connectivity index (χ0v) is 70.1. The van der Waals surface area contributed by atoms with E-state index in [2.05, 4.69) is 445 Å². The quantitative estimate of drug-likeness (QED) is 0.125. The van der Waals surface area contributed by atoms with Gasteiger partial charge in [-0.1, -0.05) is 351 Å². The van der Waals surface area contributed by atoms with E-state index < -0.39 is 10.8 Å². The van der Waals surface area contributed by atoms with E-state index in [0.717, 1.165) is 17.1 Å². The van der Waals surface area contributed by atoms with Crippen molar-refractivity contribution >= 4 is 17.1 Å². The SMILES string of the molecule is Cc1ccc(N(c2ccc(C3(c4ccc(C)cc4)c4cc(-c5ccc6c(c5)C(C)(C)c5ccccc5-6)ccc4-c4ccc(-c5ccc6c(c5)C(C)(C)c5ccccc5-6)cc43)cc2)c2ccc(C3(c4ccc(C)cc4)c4cc(-c5ccc6c(c5)C(C)(C)c5ccccc5-6)ccc4-c4ccc(-c5ccc6c(c5)C(C)(C)c5ccccc5-6)cc43)cc2)cc1. The molecule has 0 amide bonds. The van der Waals surface area contributed by atoms with Gasteiger partial charge in [0.25, 0.3) is 0 Å². The van der Waals surface area contributed by atoms with Crippen molar-refractivity contribution in [3.8, 4) is 111 Å². The molecule has 0 atom stereocenters. The Hall–Kier alpha value is -13.5. The first-order valence-corrected chi connectivity index (χ1v) is 43.0. The van der Waals surface area contributed by atoms with Crippen molar-refractivity contribution in [3.63, 3.8) is 0 Å². The van der Waals surface area contributed by atoms with Crippen molar-refractivity contribution in [2.24, 2.45) is 0 Å². The van der Waals surface area contributed by atoms with Gasteiger partial charge < -0.3 is 4.90 Å². The predicted molar refractivity (Wildman–Crippen MR) is 502 cm³/mol. The van der Waals surface area contributed by atoms with Crippen molar-refractivity contribution < 1.29 is 0 Å². The van der Waals surface area contributed by atoms with E-state index in [1.807, 2.05) is 0 Å². The second kappa shape index (κ2) is 25.8. The fourth-order valence-corrected chi connectivity index (χ4v) is 22.9. The molecular formula is C119H93N. The predicted octanol–water partition coefficient (Wildman–Crippen LogP) is 30.7. The molecule has 0 bridgehead atoms. The number of hydrogen-bond donors (Lipinski definition) is 0. The van der Waals surface area contributed by atoms with Crippen LogP contribution in [0.1, 0.15) is 161 Å². The van der Waals surface area contributed by atoms with Gasteiger partial charge in [-0.25, -0.2) is 0 Å². The molecule has 574 valence electrons. The van der Waals surface area contributed by atoms with Gasteiger partial charge in [0.1, 0.15) is 0 Å². The van der Waals surface area contributed by atoms with Crippen molar-refractivity contribution in [2.45, 2.75) is 109 Å². The zero-order chi connectivity index (χ0) is 81.3. The van der Waals surface area contributed by atoms with E-state index in [1.165, 1.54) is 217 Å². The fourth-order valence-electron chi connectivity index (χ4n) is 22.9. The molecule has 0 unspecified atom stereocenters. The minimum atomic E-state index is -0.748. The van der Waals surface area contributed by atoms with Gasteiger partial charge in [-0.3, -0.25) is 0 Å². The second-order valence-corrected chi connectivity index (χ2v) is 37.3. The van der Waals surface area contributed by atoms with Gasteiger partial charge in [0.2, 0.25) is 0 Å². The van der Waals surface area contributed by atoms with E-state index in [1.54, 1.807) is 0 Å². The Balaban J connectivity index is 0.699. The average Bonchev–Trinajstić information content (AvgIpc) is 1.53. The molecule has 23 rings (SSSR count). The van der Waals surface area contributed by atoms with Crippen LogP contribution in [0.15, 0.2) is 364 Å². The summed E-state index contributed by atoms with van der Waals surface area (Å²) < 4.78 is 0. The first kappa shape index (κ1) is 71.8. The number of benzene rings is 17. The summed E-state index contributed by atoms with van der Waals surface area (Å²) in [5.74, 6) is 0. The Bertz CT molecular complexity index is 6470. The highest BCUT2D eigenvalue weighted by Crippen LogP contribution is 2.63. The minimum absolute atomic E-state index is 0.150. The van der Waals surface area contributed by atoms with E-state index in [-0.39, 0.29) is 21.7 Å². The van der Waals surface area contributed by atoms with Gasteiger partial charge >= 0.3 is 0 Å². The molecule has 17 aromatic carbocycles. The largest absolute Gasteiger partial charge is 0.311 e. The molecule has 0 saturated carbocycles. The molecule has 17 aromatic rings. The summed E-state index contributed by atoms with van der Waals surface area (Å²) in [5.41, 5.74) is 51.2. The Morgan fingerprint density at radius 2 is 0.325 bits per heavy atom. The third-order valence-electron chi connectivity index (χ3n) is 29.3. The van der Waals surface area contributed by atoms with Crippen LogP contribution < -0.4 is 4.90 Å². The number of aryl methyl sites for hydroxylation is 3. The minimum Gasteiger partial charge on any atom is -0.311 e. The Kier molecular flexibility index (Phi) is 15.4. The lowest BCUT2D eigenvalue weighted by Gasteiger charge is -2.36. The van der Waals surface area contributed by atoms with E-state index >= 15 is 0 Å². The molecule has 0 N–H and O–H groups in total. The molecule has 120 heavy (non-hydrogen) atoms. The van der Waals surface area contributed by atoms with Crippen LogP contribution in [-0.4, -0.2) is 0 Å². The van der Waals surface area contributed by atoms with Crippen LogP contribution in [-0.2, 0) is 32.5 Å². The molecule has 0 aliphatic heterocycles. The molecule has 1 heteroatoms. The first-order chi connectivity index (χ1) is 58.2. The maximum absolute atomic E-state index is 2.56. The second-order valence-electron chi connectivity index (χ2n) is 37.3. The number of nitrogens with zero attached hydrogens (tertiary/aromatic N) is 1. The standard InChI is InChI=1S/C119H93N/c1-72-28-42-83(43-29-72)118(110-68-79(75-34-56-94-90-20-12-16-24-102(90)114(4,5)106(94)64-75)38-60-98(110)99-61-39-80(69-111(99)118)76-35-57-95-91-21-13-17-25-103(91)115(6,7)107(95)65-76)85-46-52-88(53-47-85)120(87-50-32-74(3)33-51-87)89-54-48-86(49-55-89)119(84-44-30-73(2)31-45-84)112-70-81(77-36-58-96-92-22-14-18-26-104(92)116(8,9)108(96)66-77)40-62-100(112)101-63-41-82(71-113(101)119)78-37-59-97-93-23-15-19-27-105(93)117(10,11)109(97)67-78/h12-71H,1-11H3. The monoisotopic (exact) mass is 1540 g/mol. The highest BCUT2D eigenvalue weighted by Gasteiger charge is 2.50. The molecule has 0 spiro atoms. The molecule has 0 fully saturated rings. The Morgan fingerprint density at radius 3 is 0.550 bits per heavy atom. The van der Waals surface area contributed by atoms with Gasteiger partial charge in [0, 0.05) is 38.7 Å². The lowest BCUT2D eigenvalue weighted by atomic mass is 9.67. The Labute approximate surface area is 706 Å². The topological polar surface area (TPSA) is 3.24 Å². The van der Waals surface area contributed by atoms with Gasteiger partial charge in [-0.05, 0) is 306 Å². The summed E-state index contributed by atoms with van der Waals surface area (Å²) in [4.78, 5) is 2.48. The highest BCUT2D eigenvalue weighted by molar-refractivity contribution is 5.96. The van der Waals surface area contributed by atoms with Crippen LogP contribution in [0.3, 0.4) is 0 Å². The molecule has 0 heterocycles.